The molecular formula is C17H22F3NO2. The summed E-state index contributed by atoms with van der Waals surface area (Å²) in [5.74, 6) is 0.261. The summed E-state index contributed by atoms with van der Waals surface area (Å²) < 4.78 is 38.1. The van der Waals surface area contributed by atoms with E-state index < -0.39 is 11.7 Å². The first-order valence-electron chi connectivity index (χ1n) is 7.95. The van der Waals surface area contributed by atoms with Crippen LogP contribution in [0.2, 0.25) is 0 Å². The number of halogens is 3. The van der Waals surface area contributed by atoms with E-state index in [9.17, 15) is 18.0 Å². The Kier molecular flexibility index (Phi) is 6.04. The average Bonchev–Trinajstić information content (AvgIpc) is 2.53. The molecule has 2 rings (SSSR count). The first-order valence-corrected chi connectivity index (χ1v) is 7.95. The number of aliphatic hydroxyl groups is 1. The van der Waals surface area contributed by atoms with E-state index in [1.807, 2.05) is 0 Å². The predicted molar refractivity (Wildman–Crippen MR) is 80.8 cm³/mol. The van der Waals surface area contributed by atoms with Crippen LogP contribution in [0.15, 0.2) is 24.3 Å². The van der Waals surface area contributed by atoms with Crippen LogP contribution in [-0.4, -0.2) is 35.6 Å². The maximum Gasteiger partial charge on any atom is 0.416 e. The van der Waals surface area contributed by atoms with E-state index in [0.29, 0.717) is 31.0 Å². The van der Waals surface area contributed by atoms with Crippen LogP contribution in [0, 0.1) is 5.92 Å². The molecule has 0 saturated carbocycles. The van der Waals surface area contributed by atoms with Crippen LogP contribution in [0.3, 0.4) is 0 Å². The van der Waals surface area contributed by atoms with E-state index in [2.05, 4.69) is 0 Å². The fourth-order valence-electron chi connectivity index (χ4n) is 3.05. The van der Waals surface area contributed by atoms with Crippen LogP contribution < -0.4 is 0 Å². The van der Waals surface area contributed by atoms with Crippen molar-refractivity contribution in [3.05, 3.63) is 35.4 Å². The molecule has 1 aliphatic heterocycles. The summed E-state index contributed by atoms with van der Waals surface area (Å²) in [7, 11) is 0. The second-order valence-corrected chi connectivity index (χ2v) is 6.06. The largest absolute Gasteiger partial charge is 0.416 e. The lowest BCUT2D eigenvalue weighted by atomic mass is 9.91. The molecular weight excluding hydrogens is 307 g/mol. The number of carbonyl (C=O) groups is 1. The van der Waals surface area contributed by atoms with E-state index in [1.54, 1.807) is 11.0 Å². The van der Waals surface area contributed by atoms with Gasteiger partial charge in [-0.2, -0.15) is 13.2 Å². The number of nitrogens with zero attached hydrogens (tertiary/aromatic N) is 1. The number of benzene rings is 1. The molecule has 1 fully saturated rings. The molecule has 128 valence electrons. The third kappa shape index (κ3) is 5.23. The van der Waals surface area contributed by atoms with E-state index in [4.69, 9.17) is 5.11 Å². The minimum Gasteiger partial charge on any atom is -0.396 e. The maximum atomic E-state index is 12.7. The number of rotatable bonds is 5. The fraction of sp³-hybridized carbons (Fsp3) is 0.588. The number of likely N-dealkylation sites (tertiary alicyclic amines) is 1. The van der Waals surface area contributed by atoms with Crippen LogP contribution in [0.5, 0.6) is 0 Å². The van der Waals surface area contributed by atoms with Crippen molar-refractivity contribution in [3.63, 3.8) is 0 Å². The number of aryl methyl sites for hydroxylation is 1. The lowest BCUT2D eigenvalue weighted by molar-refractivity contribution is -0.137. The molecule has 0 spiro atoms. The van der Waals surface area contributed by atoms with Crippen LogP contribution >= 0.6 is 0 Å². The van der Waals surface area contributed by atoms with E-state index >= 15 is 0 Å². The zero-order chi connectivity index (χ0) is 16.9. The van der Waals surface area contributed by atoms with Gasteiger partial charge in [0, 0.05) is 19.5 Å². The Balaban J connectivity index is 1.89. The maximum absolute atomic E-state index is 12.7. The highest BCUT2D eigenvalue weighted by Gasteiger charge is 2.30. The van der Waals surface area contributed by atoms with E-state index in [-0.39, 0.29) is 18.9 Å². The minimum absolute atomic E-state index is 0.0451. The molecule has 1 aromatic rings. The van der Waals surface area contributed by atoms with E-state index in [0.717, 1.165) is 25.3 Å². The monoisotopic (exact) mass is 329 g/mol. The summed E-state index contributed by atoms with van der Waals surface area (Å²) in [6.45, 7) is 1.20. The van der Waals surface area contributed by atoms with Gasteiger partial charge in [0.1, 0.15) is 0 Å². The van der Waals surface area contributed by atoms with Gasteiger partial charge in [-0.1, -0.05) is 18.2 Å². The fourth-order valence-corrected chi connectivity index (χ4v) is 3.05. The Morgan fingerprint density at radius 1 is 1.35 bits per heavy atom. The SMILES string of the molecule is O=C(CCO)N1CCC[C@H](CCc2cccc(C(F)(F)F)c2)C1. The molecule has 0 radical (unpaired) electrons. The predicted octanol–water partition coefficient (Wildman–Crippen LogP) is 3.26. The van der Waals surface area contributed by atoms with Gasteiger partial charge in [0.15, 0.2) is 0 Å². The van der Waals surface area contributed by atoms with Crippen LogP contribution in [0.1, 0.15) is 36.8 Å². The summed E-state index contributed by atoms with van der Waals surface area (Å²) in [6, 6.07) is 5.44. The molecule has 23 heavy (non-hydrogen) atoms. The smallest absolute Gasteiger partial charge is 0.396 e. The topological polar surface area (TPSA) is 40.5 Å². The van der Waals surface area contributed by atoms with Crippen molar-refractivity contribution < 1.29 is 23.1 Å². The van der Waals surface area contributed by atoms with Gasteiger partial charge in [-0.05, 0) is 43.2 Å². The minimum atomic E-state index is -4.31. The zero-order valence-electron chi connectivity index (χ0n) is 13.0. The van der Waals surface area contributed by atoms with Crippen molar-refractivity contribution in [2.24, 2.45) is 5.92 Å². The number of alkyl halides is 3. The average molecular weight is 329 g/mol. The van der Waals surface area contributed by atoms with Crippen molar-refractivity contribution in [2.45, 2.75) is 38.3 Å². The quantitative estimate of drug-likeness (QED) is 0.901. The first-order chi connectivity index (χ1) is 10.9. The van der Waals surface area contributed by atoms with Crippen LogP contribution in [0.4, 0.5) is 13.2 Å². The number of hydrogen-bond acceptors (Lipinski definition) is 2. The van der Waals surface area contributed by atoms with Crippen molar-refractivity contribution in [2.75, 3.05) is 19.7 Å². The van der Waals surface area contributed by atoms with Crippen LogP contribution in [0.25, 0.3) is 0 Å². The summed E-state index contributed by atoms with van der Waals surface area (Å²) in [5, 5.41) is 8.84. The van der Waals surface area contributed by atoms with Gasteiger partial charge in [-0.3, -0.25) is 4.79 Å². The Morgan fingerprint density at radius 3 is 2.83 bits per heavy atom. The van der Waals surface area contributed by atoms with Gasteiger partial charge < -0.3 is 10.0 Å². The lowest BCUT2D eigenvalue weighted by Gasteiger charge is -2.33. The summed E-state index contributed by atoms with van der Waals surface area (Å²) in [5.41, 5.74) is 0.0667. The molecule has 1 N–H and O–H groups in total. The molecule has 0 aliphatic carbocycles. The molecule has 1 saturated heterocycles. The third-order valence-corrected chi connectivity index (χ3v) is 4.29. The third-order valence-electron chi connectivity index (χ3n) is 4.29. The van der Waals surface area contributed by atoms with Crippen LogP contribution in [-0.2, 0) is 17.4 Å². The molecule has 1 aromatic carbocycles. The second kappa shape index (κ2) is 7.81. The molecule has 0 bridgehead atoms. The normalized spacial score (nSPS) is 19.0. The van der Waals surface area contributed by atoms with Gasteiger partial charge in [0.2, 0.25) is 5.91 Å². The molecule has 0 unspecified atom stereocenters. The summed E-state index contributed by atoms with van der Waals surface area (Å²) in [4.78, 5) is 13.6. The van der Waals surface area contributed by atoms with Gasteiger partial charge in [-0.25, -0.2) is 0 Å². The molecule has 6 heteroatoms. The van der Waals surface area contributed by atoms with Gasteiger partial charge in [0.05, 0.1) is 12.2 Å². The number of aliphatic hydroxyl groups excluding tert-OH is 1. The Hall–Kier alpha value is -1.56. The van der Waals surface area contributed by atoms with Crippen molar-refractivity contribution in [1.82, 2.24) is 4.90 Å². The van der Waals surface area contributed by atoms with E-state index in [1.165, 1.54) is 12.1 Å². The number of amides is 1. The van der Waals surface area contributed by atoms with Gasteiger partial charge >= 0.3 is 6.18 Å². The second-order valence-electron chi connectivity index (χ2n) is 6.06. The van der Waals surface area contributed by atoms with Gasteiger partial charge in [-0.15, -0.1) is 0 Å². The molecule has 1 aliphatic rings. The molecule has 0 aromatic heterocycles. The molecule has 1 heterocycles. The highest BCUT2D eigenvalue weighted by Crippen LogP contribution is 2.30. The Labute approximate surface area is 134 Å². The number of carbonyl (C=O) groups excluding carboxylic acids is 1. The first kappa shape index (κ1) is 17.8. The highest BCUT2D eigenvalue weighted by molar-refractivity contribution is 5.76. The van der Waals surface area contributed by atoms with Crippen molar-refractivity contribution in [1.29, 1.82) is 0 Å². The van der Waals surface area contributed by atoms with Gasteiger partial charge in [0.25, 0.3) is 0 Å². The molecule has 1 atom stereocenters. The highest BCUT2D eigenvalue weighted by atomic mass is 19.4. The Morgan fingerprint density at radius 2 is 2.13 bits per heavy atom. The number of hydrogen-bond donors (Lipinski definition) is 1. The lowest BCUT2D eigenvalue weighted by Crippen LogP contribution is -2.40. The molecule has 1 amide bonds. The standard InChI is InChI=1S/C17H22F3NO2/c18-17(19,20)15-5-1-3-13(11-15)6-7-14-4-2-9-21(12-14)16(23)8-10-22/h1,3,5,11,14,22H,2,4,6-10,12H2/t14-/m1/s1. The molecule has 3 nitrogen and oxygen atoms in total. The Bertz CT molecular complexity index is 531. The number of piperidine rings is 1. The summed E-state index contributed by atoms with van der Waals surface area (Å²) in [6.07, 6.45) is -0.929. The summed E-state index contributed by atoms with van der Waals surface area (Å²) >= 11 is 0. The van der Waals surface area contributed by atoms with Crippen molar-refractivity contribution in [3.8, 4) is 0 Å². The van der Waals surface area contributed by atoms with Crippen molar-refractivity contribution >= 4 is 5.91 Å². The zero-order valence-corrected chi connectivity index (χ0v) is 13.0.